The molecule has 174 valence electrons. The molecule has 0 atom stereocenters. The van der Waals surface area contributed by atoms with Crippen molar-refractivity contribution in [3.05, 3.63) is 108 Å². The SMILES string of the molecule is Cc1oc(-c2ccc(C(=O)NCCCc3ccccc3)cc2)nc1CS(=O)(=O)c1ccccc1. The summed E-state index contributed by atoms with van der Waals surface area (Å²) in [7, 11) is -3.53. The van der Waals surface area contributed by atoms with E-state index in [1.807, 2.05) is 18.2 Å². The summed E-state index contributed by atoms with van der Waals surface area (Å²) in [4.78, 5) is 17.1. The molecule has 0 spiro atoms. The van der Waals surface area contributed by atoms with Gasteiger partial charge in [-0.2, -0.15) is 0 Å². The van der Waals surface area contributed by atoms with E-state index < -0.39 is 9.84 Å². The summed E-state index contributed by atoms with van der Waals surface area (Å²) >= 11 is 0. The van der Waals surface area contributed by atoms with Crippen molar-refractivity contribution in [1.29, 1.82) is 0 Å². The third kappa shape index (κ3) is 5.80. The lowest BCUT2D eigenvalue weighted by atomic mass is 10.1. The number of benzene rings is 3. The number of sulfone groups is 1. The van der Waals surface area contributed by atoms with Gasteiger partial charge in [0, 0.05) is 17.7 Å². The minimum Gasteiger partial charge on any atom is -0.441 e. The molecule has 0 saturated heterocycles. The van der Waals surface area contributed by atoms with Crippen LogP contribution in [0.1, 0.15) is 33.8 Å². The Balaban J connectivity index is 1.37. The minimum atomic E-state index is -3.53. The zero-order valence-electron chi connectivity index (χ0n) is 18.9. The predicted molar refractivity (Wildman–Crippen MR) is 131 cm³/mol. The van der Waals surface area contributed by atoms with E-state index in [0.717, 1.165) is 12.8 Å². The molecular weight excluding hydrogens is 448 g/mol. The van der Waals surface area contributed by atoms with Crippen molar-refractivity contribution in [2.45, 2.75) is 30.4 Å². The maximum Gasteiger partial charge on any atom is 0.251 e. The Morgan fingerprint density at radius 3 is 2.24 bits per heavy atom. The van der Waals surface area contributed by atoms with Gasteiger partial charge in [-0.15, -0.1) is 0 Å². The normalized spacial score (nSPS) is 11.3. The Kier molecular flexibility index (Phi) is 7.23. The highest BCUT2D eigenvalue weighted by Gasteiger charge is 2.21. The van der Waals surface area contributed by atoms with Crippen LogP contribution in [0, 0.1) is 6.92 Å². The fraction of sp³-hybridized carbons (Fsp3) is 0.185. The topological polar surface area (TPSA) is 89.3 Å². The number of rotatable bonds is 9. The Labute approximate surface area is 199 Å². The van der Waals surface area contributed by atoms with Crippen molar-refractivity contribution < 1.29 is 17.6 Å². The van der Waals surface area contributed by atoms with Crippen molar-refractivity contribution in [1.82, 2.24) is 10.3 Å². The highest BCUT2D eigenvalue weighted by atomic mass is 32.2. The van der Waals surface area contributed by atoms with Crippen molar-refractivity contribution in [3.8, 4) is 11.5 Å². The van der Waals surface area contributed by atoms with Crippen LogP contribution in [0.3, 0.4) is 0 Å². The molecule has 0 aliphatic rings. The van der Waals surface area contributed by atoms with Crippen LogP contribution in [0.4, 0.5) is 0 Å². The minimum absolute atomic E-state index is 0.141. The van der Waals surface area contributed by atoms with Gasteiger partial charge >= 0.3 is 0 Å². The van der Waals surface area contributed by atoms with Gasteiger partial charge in [-0.3, -0.25) is 4.79 Å². The first-order valence-electron chi connectivity index (χ1n) is 11.1. The predicted octanol–water partition coefficient (Wildman–Crippen LogP) is 4.99. The van der Waals surface area contributed by atoms with Crippen LogP contribution in [-0.2, 0) is 22.0 Å². The second-order valence-electron chi connectivity index (χ2n) is 8.02. The summed E-state index contributed by atoms with van der Waals surface area (Å²) in [6.45, 7) is 2.29. The van der Waals surface area contributed by atoms with E-state index in [1.54, 1.807) is 61.5 Å². The molecule has 0 saturated carbocycles. The van der Waals surface area contributed by atoms with Gasteiger partial charge in [0.25, 0.3) is 5.91 Å². The molecule has 0 radical (unpaired) electrons. The maximum atomic E-state index is 12.7. The van der Waals surface area contributed by atoms with Crippen molar-refractivity contribution >= 4 is 15.7 Å². The van der Waals surface area contributed by atoms with Crippen molar-refractivity contribution in [2.75, 3.05) is 6.54 Å². The summed E-state index contributed by atoms with van der Waals surface area (Å²) in [5.74, 6) is 0.397. The van der Waals surface area contributed by atoms with Gasteiger partial charge in [0.05, 0.1) is 10.6 Å². The fourth-order valence-corrected chi connectivity index (χ4v) is 4.95. The van der Waals surface area contributed by atoms with Gasteiger partial charge in [-0.1, -0.05) is 48.5 Å². The molecular formula is C27H26N2O4S. The standard InChI is InChI=1S/C27H26N2O4S/c1-20-25(19-34(31,32)24-12-6-3-7-13-24)29-27(33-20)23-16-14-22(15-17-23)26(30)28-18-8-11-21-9-4-2-5-10-21/h2-7,9-10,12-17H,8,11,18-19H2,1H3,(H,28,30). The molecule has 4 aromatic rings. The largest absolute Gasteiger partial charge is 0.441 e. The zero-order chi connectivity index (χ0) is 24.0. The van der Waals surface area contributed by atoms with Crippen molar-refractivity contribution in [2.24, 2.45) is 0 Å². The van der Waals surface area contributed by atoms with Crippen LogP contribution in [0.15, 0.2) is 94.2 Å². The monoisotopic (exact) mass is 474 g/mol. The summed E-state index contributed by atoms with van der Waals surface area (Å²) in [6, 6.07) is 25.4. The van der Waals surface area contributed by atoms with Gasteiger partial charge < -0.3 is 9.73 Å². The zero-order valence-corrected chi connectivity index (χ0v) is 19.7. The highest BCUT2D eigenvalue weighted by Crippen LogP contribution is 2.25. The first-order valence-corrected chi connectivity index (χ1v) is 12.7. The molecule has 0 bridgehead atoms. The molecule has 0 aliphatic carbocycles. The first kappa shape index (κ1) is 23.4. The molecule has 4 rings (SSSR count). The lowest BCUT2D eigenvalue weighted by Crippen LogP contribution is -2.24. The fourth-order valence-electron chi connectivity index (χ4n) is 3.58. The number of hydrogen-bond acceptors (Lipinski definition) is 5. The summed E-state index contributed by atoms with van der Waals surface area (Å²) in [5, 5.41) is 2.94. The summed E-state index contributed by atoms with van der Waals surface area (Å²) in [5.41, 5.74) is 2.84. The summed E-state index contributed by atoms with van der Waals surface area (Å²) < 4.78 is 31.1. The second-order valence-corrected chi connectivity index (χ2v) is 10.0. The van der Waals surface area contributed by atoms with Crippen LogP contribution in [0.25, 0.3) is 11.5 Å². The Bertz CT molecular complexity index is 1350. The Morgan fingerprint density at radius 2 is 1.56 bits per heavy atom. The number of aromatic nitrogens is 1. The van der Waals surface area contributed by atoms with Crippen molar-refractivity contribution in [3.63, 3.8) is 0 Å². The number of aryl methyl sites for hydroxylation is 2. The van der Waals surface area contributed by atoms with Crippen LogP contribution in [-0.4, -0.2) is 25.9 Å². The van der Waals surface area contributed by atoms with E-state index in [-0.39, 0.29) is 16.6 Å². The van der Waals surface area contributed by atoms with Gasteiger partial charge in [-0.25, -0.2) is 13.4 Å². The lowest BCUT2D eigenvalue weighted by Gasteiger charge is -2.06. The number of carbonyl (C=O) groups is 1. The van der Waals surface area contributed by atoms with Crippen LogP contribution in [0.2, 0.25) is 0 Å². The molecule has 7 heteroatoms. The Hall–Kier alpha value is -3.71. The molecule has 1 heterocycles. The van der Waals surface area contributed by atoms with E-state index in [0.29, 0.717) is 35.0 Å². The average Bonchev–Trinajstić information content (AvgIpc) is 3.22. The molecule has 6 nitrogen and oxygen atoms in total. The molecule has 1 N–H and O–H groups in total. The Morgan fingerprint density at radius 1 is 0.912 bits per heavy atom. The number of nitrogens with one attached hydrogen (secondary N) is 1. The summed E-state index contributed by atoms with van der Waals surface area (Å²) in [6.07, 6.45) is 1.77. The maximum absolute atomic E-state index is 12.7. The molecule has 1 aromatic heterocycles. The van der Waals surface area contributed by atoms with Crippen LogP contribution >= 0.6 is 0 Å². The first-order chi connectivity index (χ1) is 16.4. The third-order valence-electron chi connectivity index (χ3n) is 5.49. The van der Waals surface area contributed by atoms with E-state index >= 15 is 0 Å². The van der Waals surface area contributed by atoms with Crippen LogP contribution in [0.5, 0.6) is 0 Å². The van der Waals surface area contributed by atoms with Gasteiger partial charge in [-0.05, 0) is 61.7 Å². The number of carbonyl (C=O) groups excluding carboxylic acids is 1. The van der Waals surface area contributed by atoms with E-state index in [9.17, 15) is 13.2 Å². The second kappa shape index (κ2) is 10.5. The molecule has 0 fully saturated rings. The molecule has 34 heavy (non-hydrogen) atoms. The quantitative estimate of drug-likeness (QED) is 0.345. The molecule has 1 amide bonds. The third-order valence-corrected chi connectivity index (χ3v) is 7.13. The van der Waals surface area contributed by atoms with Gasteiger partial charge in [0.15, 0.2) is 9.84 Å². The van der Waals surface area contributed by atoms with Crippen LogP contribution < -0.4 is 5.32 Å². The lowest BCUT2D eigenvalue weighted by molar-refractivity contribution is 0.0953. The number of oxazole rings is 1. The van der Waals surface area contributed by atoms with E-state index in [4.69, 9.17) is 4.42 Å². The smallest absolute Gasteiger partial charge is 0.251 e. The van der Waals surface area contributed by atoms with Gasteiger partial charge in [0.2, 0.25) is 5.89 Å². The van der Waals surface area contributed by atoms with E-state index in [1.165, 1.54) is 5.56 Å². The van der Waals surface area contributed by atoms with E-state index in [2.05, 4.69) is 22.4 Å². The molecule has 3 aromatic carbocycles. The molecule has 0 aliphatic heterocycles. The van der Waals surface area contributed by atoms with Gasteiger partial charge in [0.1, 0.15) is 11.5 Å². The number of amides is 1. The number of nitrogens with zero attached hydrogens (tertiary/aromatic N) is 1. The molecule has 0 unspecified atom stereocenters. The number of hydrogen-bond donors (Lipinski definition) is 1. The average molecular weight is 475 g/mol. The highest BCUT2D eigenvalue weighted by molar-refractivity contribution is 7.90.